The monoisotopic (exact) mass is 324 g/mol. The summed E-state index contributed by atoms with van der Waals surface area (Å²) in [6, 6.07) is 5.00. The molecule has 0 aromatic heterocycles. The minimum Gasteiger partial charge on any atom is -0.490 e. The average Bonchev–Trinajstić information content (AvgIpc) is 2.37. The summed E-state index contributed by atoms with van der Waals surface area (Å²) >= 11 is 0. The molecule has 1 unspecified atom stereocenters. The number of halogens is 3. The molecule has 3 rings (SSSR count). The van der Waals surface area contributed by atoms with Crippen molar-refractivity contribution in [2.45, 2.75) is 43.8 Å². The second kappa shape index (κ2) is 6.93. The van der Waals surface area contributed by atoms with Gasteiger partial charge in [-0.25, -0.2) is 0 Å². The molecule has 1 atom stereocenters. The molecule has 2 fully saturated rings. The van der Waals surface area contributed by atoms with Gasteiger partial charge in [0.2, 0.25) is 0 Å². The van der Waals surface area contributed by atoms with Gasteiger partial charge in [-0.2, -0.15) is 0 Å². The fourth-order valence-corrected chi connectivity index (χ4v) is 2.96. The molecular weight excluding hydrogens is 307 g/mol. The number of hydrogen-bond donors (Lipinski definition) is 0. The molecule has 1 aliphatic carbocycles. The SMILES string of the molecule is F[B-](F)(F)c1ccc(OC2CCOC3(CCC3)C2)cc1.[K+]. The molecule has 1 aromatic carbocycles. The first kappa shape index (κ1) is 17.8. The zero-order chi connectivity index (χ0) is 14.2. The quantitative estimate of drug-likeness (QED) is 0.741. The van der Waals surface area contributed by atoms with Crippen molar-refractivity contribution >= 4 is 12.4 Å². The Morgan fingerprint density at radius 2 is 1.81 bits per heavy atom. The third kappa shape index (κ3) is 4.26. The van der Waals surface area contributed by atoms with Crippen molar-refractivity contribution in [2.24, 2.45) is 0 Å². The van der Waals surface area contributed by atoms with Crippen molar-refractivity contribution in [3.05, 3.63) is 24.3 Å². The average molecular weight is 324 g/mol. The zero-order valence-electron chi connectivity index (χ0n) is 12.2. The maximum atomic E-state index is 12.5. The molecule has 2 nitrogen and oxygen atoms in total. The van der Waals surface area contributed by atoms with Crippen LogP contribution in [0.15, 0.2) is 24.3 Å². The Morgan fingerprint density at radius 3 is 2.33 bits per heavy atom. The van der Waals surface area contributed by atoms with E-state index in [0.717, 1.165) is 37.8 Å². The first-order valence-electron chi connectivity index (χ1n) is 7.07. The smallest absolute Gasteiger partial charge is 0.490 e. The number of benzene rings is 1. The van der Waals surface area contributed by atoms with Crippen LogP contribution >= 0.6 is 0 Å². The van der Waals surface area contributed by atoms with Crippen molar-refractivity contribution in [3.63, 3.8) is 0 Å². The van der Waals surface area contributed by atoms with Gasteiger partial charge in [0.15, 0.2) is 0 Å². The van der Waals surface area contributed by atoms with Crippen LogP contribution in [0.4, 0.5) is 12.9 Å². The Bertz CT molecular complexity index is 474. The van der Waals surface area contributed by atoms with Crippen LogP contribution in [0.1, 0.15) is 32.1 Å². The van der Waals surface area contributed by atoms with Crippen LogP contribution in [0, 0.1) is 0 Å². The van der Waals surface area contributed by atoms with E-state index in [1.165, 1.54) is 18.6 Å². The fraction of sp³-hybridized carbons (Fsp3) is 0.571. The van der Waals surface area contributed by atoms with E-state index in [4.69, 9.17) is 9.47 Å². The van der Waals surface area contributed by atoms with Gasteiger partial charge in [-0.1, -0.05) is 12.1 Å². The summed E-state index contributed by atoms with van der Waals surface area (Å²) in [5, 5.41) is 0. The first-order valence-corrected chi connectivity index (χ1v) is 7.07. The Morgan fingerprint density at radius 1 is 1.14 bits per heavy atom. The van der Waals surface area contributed by atoms with E-state index in [9.17, 15) is 12.9 Å². The molecule has 0 bridgehead atoms. The number of rotatable bonds is 3. The van der Waals surface area contributed by atoms with E-state index >= 15 is 0 Å². The van der Waals surface area contributed by atoms with Gasteiger partial charge in [0.1, 0.15) is 11.9 Å². The van der Waals surface area contributed by atoms with E-state index in [-0.39, 0.29) is 63.1 Å². The molecular formula is C14H17BF3KO2. The maximum absolute atomic E-state index is 12.5. The second-order valence-electron chi connectivity index (χ2n) is 5.76. The third-order valence-corrected chi connectivity index (χ3v) is 4.27. The Balaban J connectivity index is 0.00000161. The molecule has 1 heterocycles. The third-order valence-electron chi connectivity index (χ3n) is 4.27. The van der Waals surface area contributed by atoms with Gasteiger partial charge < -0.3 is 22.4 Å². The van der Waals surface area contributed by atoms with E-state index in [0.29, 0.717) is 12.4 Å². The Labute approximate surface area is 165 Å². The summed E-state index contributed by atoms with van der Waals surface area (Å²) in [7, 11) is 0. The van der Waals surface area contributed by atoms with Crippen molar-refractivity contribution in [1.82, 2.24) is 0 Å². The zero-order valence-corrected chi connectivity index (χ0v) is 15.3. The summed E-state index contributed by atoms with van der Waals surface area (Å²) in [6.07, 6.45) is 5.02. The summed E-state index contributed by atoms with van der Waals surface area (Å²) in [4.78, 5) is 0. The van der Waals surface area contributed by atoms with Crippen molar-refractivity contribution in [1.29, 1.82) is 0 Å². The molecule has 1 aliphatic heterocycles. The van der Waals surface area contributed by atoms with Crippen LogP contribution < -0.4 is 61.6 Å². The van der Waals surface area contributed by atoms with Gasteiger partial charge in [0.25, 0.3) is 0 Å². The van der Waals surface area contributed by atoms with Gasteiger partial charge in [-0.3, -0.25) is 0 Å². The molecule has 1 spiro atoms. The van der Waals surface area contributed by atoms with E-state index < -0.39 is 12.4 Å². The number of ether oxygens (including phenoxy) is 2. The van der Waals surface area contributed by atoms with Crippen LogP contribution in [0.2, 0.25) is 0 Å². The molecule has 1 saturated heterocycles. The summed E-state index contributed by atoms with van der Waals surface area (Å²) in [5.74, 6) is 0.509. The predicted octanol–water partition coefficient (Wildman–Crippen LogP) is 0.226. The summed E-state index contributed by atoms with van der Waals surface area (Å²) in [5.41, 5.74) is -0.599. The summed E-state index contributed by atoms with van der Waals surface area (Å²) in [6.45, 7) is -4.26. The topological polar surface area (TPSA) is 18.5 Å². The van der Waals surface area contributed by atoms with Crippen LogP contribution in [-0.2, 0) is 4.74 Å². The van der Waals surface area contributed by atoms with E-state index in [1.54, 1.807) is 0 Å². The Hall–Kier alpha value is 0.471. The molecule has 7 heteroatoms. The molecule has 0 radical (unpaired) electrons. The van der Waals surface area contributed by atoms with Crippen LogP contribution in [-0.4, -0.2) is 25.3 Å². The molecule has 0 N–H and O–H groups in total. The second-order valence-corrected chi connectivity index (χ2v) is 5.76. The van der Waals surface area contributed by atoms with E-state index in [1.807, 2.05) is 0 Å². The van der Waals surface area contributed by atoms with Crippen LogP contribution in [0.25, 0.3) is 0 Å². The molecule has 0 amide bonds. The fourth-order valence-electron chi connectivity index (χ4n) is 2.96. The minimum atomic E-state index is -4.93. The van der Waals surface area contributed by atoms with E-state index in [2.05, 4.69) is 0 Å². The molecule has 21 heavy (non-hydrogen) atoms. The first-order chi connectivity index (χ1) is 9.47. The molecule has 1 saturated carbocycles. The van der Waals surface area contributed by atoms with Gasteiger partial charge in [-0.05, 0) is 31.4 Å². The maximum Gasteiger partial charge on any atom is 1.00 e. The normalized spacial score (nSPS) is 24.0. The van der Waals surface area contributed by atoms with Crippen molar-refractivity contribution < 1.29 is 73.8 Å². The largest absolute Gasteiger partial charge is 1.00 e. The van der Waals surface area contributed by atoms with Gasteiger partial charge in [0, 0.05) is 12.8 Å². The molecule has 2 aliphatic rings. The molecule has 1 aromatic rings. The number of hydrogen-bond acceptors (Lipinski definition) is 2. The molecule has 110 valence electrons. The Kier molecular flexibility index (Phi) is 5.88. The van der Waals surface area contributed by atoms with Crippen molar-refractivity contribution in [2.75, 3.05) is 6.61 Å². The van der Waals surface area contributed by atoms with Gasteiger partial charge in [0.05, 0.1) is 12.2 Å². The van der Waals surface area contributed by atoms with Gasteiger partial charge in [-0.15, -0.1) is 5.46 Å². The van der Waals surface area contributed by atoms with Gasteiger partial charge >= 0.3 is 58.4 Å². The minimum absolute atomic E-state index is 0. The standard InChI is InChI=1S/C14H17BF3O2.K/c16-15(17,18)11-2-4-12(5-3-11)20-13-6-9-19-14(10-13)7-1-8-14;/h2-5,13H,1,6-10H2;/q-1;+1. The van der Waals surface area contributed by atoms with Crippen molar-refractivity contribution in [3.8, 4) is 5.75 Å². The predicted molar refractivity (Wildman–Crippen MR) is 71.3 cm³/mol. The van der Waals surface area contributed by atoms with Crippen LogP contribution in [0.5, 0.6) is 5.75 Å². The summed E-state index contributed by atoms with van der Waals surface area (Å²) < 4.78 is 49.2. The van der Waals surface area contributed by atoms with Crippen LogP contribution in [0.3, 0.4) is 0 Å².